The quantitative estimate of drug-likeness (QED) is 0.619. The highest BCUT2D eigenvalue weighted by molar-refractivity contribution is 7.71. The Morgan fingerprint density at radius 1 is 1.40 bits per heavy atom. The van der Waals surface area contributed by atoms with Gasteiger partial charge in [0.15, 0.2) is 4.77 Å². The Bertz CT molecular complexity index is 694. The molecule has 5 heteroatoms. The summed E-state index contributed by atoms with van der Waals surface area (Å²) in [4.78, 5) is 16.5. The molecule has 0 saturated heterocycles. The summed E-state index contributed by atoms with van der Waals surface area (Å²) in [6, 6.07) is 1.87. The van der Waals surface area contributed by atoms with Gasteiger partial charge in [0.2, 0.25) is 0 Å². The van der Waals surface area contributed by atoms with Gasteiger partial charge >= 0.3 is 0 Å². The number of hydrogen-bond donors (Lipinski definition) is 1. The van der Waals surface area contributed by atoms with E-state index in [0.717, 1.165) is 16.6 Å². The maximum atomic E-state index is 12.5. The first kappa shape index (κ1) is 15.4. The van der Waals surface area contributed by atoms with E-state index in [4.69, 9.17) is 12.2 Å². The van der Waals surface area contributed by atoms with E-state index in [9.17, 15) is 4.79 Å². The topological polar surface area (TPSA) is 37.8 Å². The number of hydrogen-bond acceptors (Lipinski definition) is 3. The Morgan fingerprint density at radius 3 is 2.85 bits per heavy atom. The normalized spacial score (nSPS) is 12.2. The van der Waals surface area contributed by atoms with Gasteiger partial charge in [0, 0.05) is 6.54 Å². The molecule has 0 aliphatic carbocycles. The number of H-pyrrole nitrogens is 1. The van der Waals surface area contributed by atoms with Crippen molar-refractivity contribution in [2.24, 2.45) is 5.41 Å². The van der Waals surface area contributed by atoms with E-state index in [-0.39, 0.29) is 11.0 Å². The average Bonchev–Trinajstić information content (AvgIpc) is 2.83. The van der Waals surface area contributed by atoms with Gasteiger partial charge in [-0.3, -0.25) is 9.36 Å². The highest BCUT2D eigenvalue weighted by Gasteiger charge is 2.20. The van der Waals surface area contributed by atoms with Crippen molar-refractivity contribution in [2.75, 3.05) is 0 Å². The molecule has 20 heavy (non-hydrogen) atoms. The zero-order valence-corrected chi connectivity index (χ0v) is 14.0. The molecule has 0 fully saturated rings. The van der Waals surface area contributed by atoms with E-state index in [1.54, 1.807) is 4.57 Å². The smallest absolute Gasteiger partial charge is 0.263 e. The molecule has 0 aromatic carbocycles. The molecule has 2 rings (SSSR count). The van der Waals surface area contributed by atoms with Gasteiger partial charge in [-0.25, -0.2) is 0 Å². The summed E-state index contributed by atoms with van der Waals surface area (Å²) in [6.07, 6.45) is 4.78. The molecule has 0 saturated carbocycles. The Balaban J connectivity index is 2.29. The van der Waals surface area contributed by atoms with Gasteiger partial charge in [0.05, 0.1) is 5.39 Å². The Hall–Kier alpha value is -0.940. The van der Waals surface area contributed by atoms with E-state index < -0.39 is 0 Å². The second kappa shape index (κ2) is 6.22. The van der Waals surface area contributed by atoms with Crippen LogP contribution in [-0.2, 0) is 6.54 Å². The van der Waals surface area contributed by atoms with Crippen molar-refractivity contribution in [3.05, 3.63) is 26.6 Å². The molecule has 1 N–H and O–H groups in total. The summed E-state index contributed by atoms with van der Waals surface area (Å²) >= 11 is 6.87. The van der Waals surface area contributed by atoms with Crippen LogP contribution in [-0.4, -0.2) is 9.55 Å². The number of fused-ring (bicyclic) bond motifs is 1. The zero-order chi connectivity index (χ0) is 14.8. The first-order valence-electron chi connectivity index (χ1n) is 7.15. The first-order valence-corrected chi connectivity index (χ1v) is 8.44. The standard InChI is InChI=1S/C15H22N2OS2/c1-4-5-6-8-15(2,3)10-17-13(18)11-7-9-20-12(11)16-14(17)19/h7,9H,4-6,8,10H2,1-3H3,(H,16,19). The average molecular weight is 310 g/mol. The number of thiophene rings is 1. The first-order chi connectivity index (χ1) is 9.44. The molecule has 0 unspecified atom stereocenters. The SMILES string of the molecule is CCCCCC(C)(C)Cn1c(=S)[nH]c2sccc2c1=O. The van der Waals surface area contributed by atoms with Crippen molar-refractivity contribution >= 4 is 33.8 Å². The van der Waals surface area contributed by atoms with Gasteiger partial charge < -0.3 is 4.98 Å². The van der Waals surface area contributed by atoms with E-state index in [0.29, 0.717) is 11.3 Å². The highest BCUT2D eigenvalue weighted by atomic mass is 32.1. The monoisotopic (exact) mass is 310 g/mol. The van der Waals surface area contributed by atoms with Crippen LogP contribution in [0.5, 0.6) is 0 Å². The van der Waals surface area contributed by atoms with Crippen molar-refractivity contribution in [3.8, 4) is 0 Å². The predicted octanol–water partition coefficient (Wildman–Crippen LogP) is 4.73. The van der Waals surface area contributed by atoms with E-state index in [1.807, 2.05) is 11.4 Å². The number of nitrogens with one attached hydrogen (secondary N) is 1. The Morgan fingerprint density at radius 2 is 2.15 bits per heavy atom. The summed E-state index contributed by atoms with van der Waals surface area (Å²) in [5.74, 6) is 0. The second-order valence-corrected chi connectivity index (χ2v) is 7.41. The molecule has 0 aliphatic heterocycles. The van der Waals surface area contributed by atoms with Crippen molar-refractivity contribution in [3.63, 3.8) is 0 Å². The molecule has 110 valence electrons. The van der Waals surface area contributed by atoms with Crippen molar-refractivity contribution in [1.29, 1.82) is 0 Å². The maximum Gasteiger partial charge on any atom is 0.263 e. The fourth-order valence-corrected chi connectivity index (χ4v) is 3.57. The molecule has 0 radical (unpaired) electrons. The molecule has 2 heterocycles. The summed E-state index contributed by atoms with van der Waals surface area (Å²) < 4.78 is 2.25. The minimum atomic E-state index is 0.0357. The minimum Gasteiger partial charge on any atom is -0.323 e. The van der Waals surface area contributed by atoms with Gasteiger partial charge in [0.25, 0.3) is 5.56 Å². The third-order valence-electron chi connectivity index (χ3n) is 3.65. The zero-order valence-electron chi connectivity index (χ0n) is 12.4. The van der Waals surface area contributed by atoms with Crippen LogP contribution in [0.4, 0.5) is 0 Å². The van der Waals surface area contributed by atoms with E-state index in [1.165, 1.54) is 30.6 Å². The summed E-state index contributed by atoms with van der Waals surface area (Å²) in [5, 5.41) is 2.67. The third kappa shape index (κ3) is 3.38. The molecular weight excluding hydrogens is 288 g/mol. The van der Waals surface area contributed by atoms with Crippen molar-refractivity contribution in [2.45, 2.75) is 53.0 Å². The summed E-state index contributed by atoms with van der Waals surface area (Å²) in [5.41, 5.74) is 0.123. The Labute approximate surface area is 128 Å². The molecule has 2 aromatic heterocycles. The molecule has 2 aromatic rings. The fourth-order valence-electron chi connectivity index (χ4n) is 2.48. The van der Waals surface area contributed by atoms with Crippen molar-refractivity contribution in [1.82, 2.24) is 9.55 Å². The predicted molar refractivity (Wildman–Crippen MR) is 89.2 cm³/mol. The van der Waals surface area contributed by atoms with Gasteiger partial charge in [-0.2, -0.15) is 0 Å². The molecule has 0 amide bonds. The van der Waals surface area contributed by atoms with Crippen LogP contribution in [0, 0.1) is 10.2 Å². The maximum absolute atomic E-state index is 12.5. The van der Waals surface area contributed by atoms with Crippen LogP contribution in [0.3, 0.4) is 0 Å². The molecule has 0 aliphatic rings. The number of rotatable bonds is 6. The minimum absolute atomic E-state index is 0.0357. The second-order valence-electron chi connectivity index (χ2n) is 6.11. The Kier molecular flexibility index (Phi) is 4.81. The van der Waals surface area contributed by atoms with Crippen molar-refractivity contribution < 1.29 is 0 Å². The number of aromatic amines is 1. The van der Waals surface area contributed by atoms with Crippen LogP contribution in [0.15, 0.2) is 16.2 Å². The van der Waals surface area contributed by atoms with Crippen LogP contribution in [0.25, 0.3) is 10.2 Å². The van der Waals surface area contributed by atoms with E-state index in [2.05, 4.69) is 25.8 Å². The molecule has 0 atom stereocenters. The lowest BCUT2D eigenvalue weighted by atomic mass is 9.87. The van der Waals surface area contributed by atoms with Crippen LogP contribution in [0.1, 0.15) is 46.5 Å². The fraction of sp³-hybridized carbons (Fsp3) is 0.600. The van der Waals surface area contributed by atoms with Crippen LogP contribution < -0.4 is 5.56 Å². The highest BCUT2D eigenvalue weighted by Crippen LogP contribution is 2.26. The number of aromatic nitrogens is 2. The van der Waals surface area contributed by atoms with Crippen LogP contribution in [0.2, 0.25) is 0 Å². The van der Waals surface area contributed by atoms with Gasteiger partial charge in [0.1, 0.15) is 4.83 Å². The third-order valence-corrected chi connectivity index (χ3v) is 4.80. The lowest BCUT2D eigenvalue weighted by Gasteiger charge is -2.25. The molecular formula is C15H22N2OS2. The summed E-state index contributed by atoms with van der Waals surface area (Å²) in [7, 11) is 0. The van der Waals surface area contributed by atoms with E-state index >= 15 is 0 Å². The van der Waals surface area contributed by atoms with Crippen LogP contribution >= 0.6 is 23.6 Å². The molecule has 0 bridgehead atoms. The number of unbranched alkanes of at least 4 members (excludes halogenated alkanes) is 2. The summed E-state index contributed by atoms with van der Waals surface area (Å²) in [6.45, 7) is 7.30. The largest absolute Gasteiger partial charge is 0.323 e. The number of nitrogens with zero attached hydrogens (tertiary/aromatic N) is 1. The van der Waals surface area contributed by atoms with Gasteiger partial charge in [-0.05, 0) is 35.5 Å². The van der Waals surface area contributed by atoms with Gasteiger partial charge in [-0.15, -0.1) is 11.3 Å². The lowest BCUT2D eigenvalue weighted by Crippen LogP contribution is -2.29. The molecule has 3 nitrogen and oxygen atoms in total. The van der Waals surface area contributed by atoms with Gasteiger partial charge in [-0.1, -0.05) is 40.0 Å². The lowest BCUT2D eigenvalue weighted by molar-refractivity contribution is 0.266. The molecule has 0 spiro atoms.